The first kappa shape index (κ1) is 6.89. The molecule has 0 saturated carbocycles. The molecule has 1 heterocycles. The van der Waals surface area contributed by atoms with E-state index >= 15 is 0 Å². The van der Waals surface area contributed by atoms with Crippen LogP contribution in [0.4, 0.5) is 0 Å². The van der Waals surface area contributed by atoms with Crippen LogP contribution < -0.4 is 0 Å². The zero-order valence-corrected chi connectivity index (χ0v) is 7.05. The second kappa shape index (κ2) is 2.19. The molecule has 0 aliphatic carbocycles. The SMILES string of the molecule is CN1CC(=S)N(C)C1=S. The molecule has 0 spiro atoms. The Bertz CT molecular complexity index is 166. The quantitative estimate of drug-likeness (QED) is 0.475. The van der Waals surface area contributed by atoms with Gasteiger partial charge in [0.25, 0.3) is 0 Å². The van der Waals surface area contributed by atoms with Gasteiger partial charge in [0, 0.05) is 14.1 Å². The van der Waals surface area contributed by atoms with Crippen LogP contribution in [0.2, 0.25) is 0 Å². The Morgan fingerprint density at radius 3 is 2.00 bits per heavy atom. The Morgan fingerprint density at radius 1 is 1.33 bits per heavy atom. The van der Waals surface area contributed by atoms with E-state index < -0.39 is 0 Å². The average molecular weight is 160 g/mol. The molecule has 0 atom stereocenters. The van der Waals surface area contributed by atoms with Gasteiger partial charge in [-0.25, -0.2) is 0 Å². The Morgan fingerprint density at radius 2 is 1.89 bits per heavy atom. The first-order valence-corrected chi connectivity index (χ1v) is 3.46. The van der Waals surface area contributed by atoms with Gasteiger partial charge in [-0.3, -0.25) is 0 Å². The topological polar surface area (TPSA) is 6.48 Å². The van der Waals surface area contributed by atoms with E-state index in [2.05, 4.69) is 0 Å². The van der Waals surface area contributed by atoms with Crippen molar-refractivity contribution in [3.63, 3.8) is 0 Å². The third-order valence-corrected chi connectivity index (χ3v) is 2.35. The van der Waals surface area contributed by atoms with Gasteiger partial charge in [0.1, 0.15) is 4.99 Å². The second-order valence-electron chi connectivity index (χ2n) is 2.09. The number of thiocarbonyl (C=S) groups is 2. The fourth-order valence-corrected chi connectivity index (χ4v) is 1.25. The third kappa shape index (κ3) is 1.04. The van der Waals surface area contributed by atoms with E-state index in [-0.39, 0.29) is 0 Å². The summed E-state index contributed by atoms with van der Waals surface area (Å²) in [7, 11) is 3.84. The predicted molar refractivity (Wildman–Crippen MR) is 45.6 cm³/mol. The molecular formula is C5H8N2S2. The van der Waals surface area contributed by atoms with E-state index in [1.54, 1.807) is 0 Å². The zero-order chi connectivity index (χ0) is 7.02. The fourth-order valence-electron chi connectivity index (χ4n) is 0.739. The van der Waals surface area contributed by atoms with Gasteiger partial charge >= 0.3 is 0 Å². The van der Waals surface area contributed by atoms with Crippen molar-refractivity contribution in [3.8, 4) is 0 Å². The number of hydrogen-bond donors (Lipinski definition) is 0. The highest BCUT2D eigenvalue weighted by molar-refractivity contribution is 7.82. The molecule has 2 nitrogen and oxygen atoms in total. The molecule has 1 aliphatic rings. The monoisotopic (exact) mass is 160 g/mol. The van der Waals surface area contributed by atoms with Crippen LogP contribution in [0.25, 0.3) is 0 Å². The molecule has 0 aromatic carbocycles. The van der Waals surface area contributed by atoms with Crippen molar-refractivity contribution < 1.29 is 0 Å². The fraction of sp³-hybridized carbons (Fsp3) is 0.600. The molecule has 0 N–H and O–H groups in total. The van der Waals surface area contributed by atoms with E-state index in [1.165, 1.54) is 0 Å². The predicted octanol–water partition coefficient (Wildman–Crippen LogP) is 0.476. The molecule has 9 heavy (non-hydrogen) atoms. The number of likely N-dealkylation sites (N-methyl/N-ethyl adjacent to an activating group) is 2. The molecule has 4 heteroatoms. The Labute approximate surface area is 65.4 Å². The van der Waals surface area contributed by atoms with Crippen LogP contribution >= 0.6 is 24.4 Å². The van der Waals surface area contributed by atoms with Gasteiger partial charge in [-0.15, -0.1) is 0 Å². The summed E-state index contributed by atoms with van der Waals surface area (Å²) in [5, 5.41) is 0.819. The van der Waals surface area contributed by atoms with E-state index in [9.17, 15) is 0 Å². The molecule has 1 saturated heterocycles. The minimum Gasteiger partial charge on any atom is -0.345 e. The van der Waals surface area contributed by atoms with Crippen molar-refractivity contribution in [2.75, 3.05) is 20.6 Å². The summed E-state index contributed by atoms with van der Waals surface area (Å²) >= 11 is 10.00. The highest BCUT2D eigenvalue weighted by Gasteiger charge is 2.22. The van der Waals surface area contributed by atoms with Crippen molar-refractivity contribution in [2.45, 2.75) is 0 Å². The maximum absolute atomic E-state index is 5.01. The molecule has 0 aromatic heterocycles. The maximum Gasteiger partial charge on any atom is 0.176 e. The Balaban J connectivity index is 2.77. The van der Waals surface area contributed by atoms with Crippen LogP contribution in [0, 0.1) is 0 Å². The molecule has 1 rings (SSSR count). The normalized spacial score (nSPS) is 19.8. The van der Waals surface area contributed by atoms with Gasteiger partial charge in [0.15, 0.2) is 5.11 Å². The van der Waals surface area contributed by atoms with Crippen LogP contribution in [0.15, 0.2) is 0 Å². The van der Waals surface area contributed by atoms with Crippen molar-refractivity contribution in [1.29, 1.82) is 0 Å². The maximum atomic E-state index is 5.01. The summed E-state index contributed by atoms with van der Waals surface area (Å²) < 4.78 is 0. The summed E-state index contributed by atoms with van der Waals surface area (Å²) in [6.07, 6.45) is 0. The first-order chi connectivity index (χ1) is 4.13. The first-order valence-electron chi connectivity index (χ1n) is 2.64. The molecule has 0 radical (unpaired) electrons. The molecule has 0 bridgehead atoms. The molecule has 1 fully saturated rings. The highest BCUT2D eigenvalue weighted by Crippen LogP contribution is 2.05. The van der Waals surface area contributed by atoms with Crippen molar-refractivity contribution in [1.82, 2.24) is 9.80 Å². The summed E-state index contributed by atoms with van der Waals surface area (Å²) in [5.74, 6) is 0. The van der Waals surface area contributed by atoms with E-state index in [4.69, 9.17) is 24.4 Å². The summed E-state index contributed by atoms with van der Waals surface area (Å²) in [4.78, 5) is 4.71. The van der Waals surface area contributed by atoms with Crippen LogP contribution in [-0.4, -0.2) is 40.5 Å². The van der Waals surface area contributed by atoms with Gasteiger partial charge in [-0.05, 0) is 12.2 Å². The zero-order valence-electron chi connectivity index (χ0n) is 5.42. The molecule has 0 unspecified atom stereocenters. The smallest absolute Gasteiger partial charge is 0.176 e. The van der Waals surface area contributed by atoms with Gasteiger partial charge in [-0.2, -0.15) is 0 Å². The second-order valence-corrected chi connectivity index (χ2v) is 2.93. The lowest BCUT2D eigenvalue weighted by molar-refractivity contribution is 0.589. The van der Waals surface area contributed by atoms with E-state index in [0.29, 0.717) is 0 Å². The van der Waals surface area contributed by atoms with Gasteiger partial charge in [0.05, 0.1) is 6.54 Å². The van der Waals surface area contributed by atoms with Crippen LogP contribution in [0.1, 0.15) is 0 Å². The lowest BCUT2D eigenvalue weighted by atomic mass is 10.6. The van der Waals surface area contributed by atoms with Crippen LogP contribution in [0.3, 0.4) is 0 Å². The molecular weight excluding hydrogens is 152 g/mol. The molecule has 50 valence electrons. The van der Waals surface area contributed by atoms with Crippen molar-refractivity contribution >= 4 is 34.5 Å². The number of hydrogen-bond acceptors (Lipinski definition) is 2. The minimum absolute atomic E-state index is 0.796. The van der Waals surface area contributed by atoms with E-state index in [0.717, 1.165) is 16.6 Å². The van der Waals surface area contributed by atoms with Crippen molar-refractivity contribution in [2.24, 2.45) is 0 Å². The number of rotatable bonds is 0. The summed E-state index contributed by atoms with van der Waals surface area (Å²) in [6.45, 7) is 0.796. The third-order valence-electron chi connectivity index (χ3n) is 1.36. The lowest BCUT2D eigenvalue weighted by Gasteiger charge is -2.11. The standard InChI is InChI=1S/C5H8N2S2/c1-6-3-4(8)7(2)5(6)9/h3H2,1-2H3. The molecule has 0 amide bonds. The Kier molecular flexibility index (Phi) is 1.68. The van der Waals surface area contributed by atoms with Gasteiger partial charge < -0.3 is 9.80 Å². The highest BCUT2D eigenvalue weighted by atomic mass is 32.1. The molecule has 1 aliphatic heterocycles. The largest absolute Gasteiger partial charge is 0.345 e. The van der Waals surface area contributed by atoms with Crippen LogP contribution in [-0.2, 0) is 0 Å². The number of nitrogens with zero attached hydrogens (tertiary/aromatic N) is 2. The van der Waals surface area contributed by atoms with Gasteiger partial charge in [0.2, 0.25) is 0 Å². The Hall–Kier alpha value is -0.220. The summed E-state index contributed by atoms with van der Waals surface area (Å²) in [6, 6.07) is 0. The molecule has 0 aromatic rings. The average Bonchev–Trinajstić information content (AvgIpc) is 1.98. The van der Waals surface area contributed by atoms with Gasteiger partial charge in [-0.1, -0.05) is 12.2 Å². The minimum atomic E-state index is 0.796. The lowest BCUT2D eigenvalue weighted by Crippen LogP contribution is -2.26. The van der Waals surface area contributed by atoms with E-state index in [1.807, 2.05) is 23.9 Å². The van der Waals surface area contributed by atoms with Crippen LogP contribution in [0.5, 0.6) is 0 Å². The van der Waals surface area contributed by atoms with Crippen molar-refractivity contribution in [3.05, 3.63) is 0 Å². The summed E-state index contributed by atoms with van der Waals surface area (Å²) in [5.41, 5.74) is 0.